The molecule has 33 heavy (non-hydrogen) atoms. The molecule has 178 valence electrons. The highest BCUT2D eigenvalue weighted by Crippen LogP contribution is 2.25. The molecule has 2 aromatic rings. The number of nitrogens with one attached hydrogen (secondary N) is 1. The van der Waals surface area contributed by atoms with Gasteiger partial charge in [0, 0.05) is 49.3 Å². The predicted octanol–water partition coefficient (Wildman–Crippen LogP) is 4.13. The Hall–Kier alpha value is -1.83. The Balaban J connectivity index is 1.30. The fourth-order valence-corrected chi connectivity index (χ4v) is 4.65. The third-order valence-electron chi connectivity index (χ3n) is 6.39. The van der Waals surface area contributed by atoms with Gasteiger partial charge in [-0.3, -0.25) is 9.80 Å². The molecule has 0 atom stereocenters. The zero-order valence-electron chi connectivity index (χ0n) is 18.9. The Morgan fingerprint density at radius 2 is 1.27 bits per heavy atom. The molecule has 2 saturated heterocycles. The smallest absolute Gasteiger partial charge is 0.318 e. The molecule has 1 N–H and O–H groups in total. The summed E-state index contributed by atoms with van der Waals surface area (Å²) in [7, 11) is 0. The second kappa shape index (κ2) is 12.0. The second-order valence-electron chi connectivity index (χ2n) is 8.62. The van der Waals surface area contributed by atoms with E-state index in [9.17, 15) is 4.79 Å². The zero-order valence-corrected chi connectivity index (χ0v) is 20.4. The molecule has 6 nitrogen and oxygen atoms in total. The lowest BCUT2D eigenvalue weighted by Gasteiger charge is -2.36. The molecule has 2 aromatic carbocycles. The van der Waals surface area contributed by atoms with E-state index in [-0.39, 0.29) is 12.1 Å². The van der Waals surface area contributed by atoms with Crippen LogP contribution in [0.15, 0.2) is 48.5 Å². The van der Waals surface area contributed by atoms with Crippen molar-refractivity contribution in [3.63, 3.8) is 0 Å². The van der Waals surface area contributed by atoms with Crippen molar-refractivity contribution in [1.82, 2.24) is 20.0 Å². The van der Waals surface area contributed by atoms with Crippen LogP contribution >= 0.6 is 23.2 Å². The van der Waals surface area contributed by atoms with Crippen molar-refractivity contribution in [2.75, 3.05) is 65.6 Å². The number of piperazine rings is 1. The summed E-state index contributed by atoms with van der Waals surface area (Å²) in [6.45, 7) is 9.24. The summed E-state index contributed by atoms with van der Waals surface area (Å²) in [5.74, 6) is 0. The summed E-state index contributed by atoms with van der Waals surface area (Å²) in [5, 5.41) is 4.57. The normalized spacial score (nSPS) is 18.0. The lowest BCUT2D eigenvalue weighted by molar-refractivity contribution is 0.0354. The number of benzene rings is 2. The first-order chi connectivity index (χ1) is 16.1. The summed E-state index contributed by atoms with van der Waals surface area (Å²) in [6.07, 6.45) is 1.15. The van der Waals surface area contributed by atoms with Gasteiger partial charge in [-0.05, 0) is 54.9 Å². The van der Waals surface area contributed by atoms with Crippen LogP contribution in [0.4, 0.5) is 4.79 Å². The first-order valence-corrected chi connectivity index (χ1v) is 12.4. The summed E-state index contributed by atoms with van der Waals surface area (Å²) in [5.41, 5.74) is 1.97. The van der Waals surface area contributed by atoms with Crippen LogP contribution in [0.2, 0.25) is 10.0 Å². The topological polar surface area (TPSA) is 48.1 Å². The standard InChI is InChI=1S/C25H32Cl2N4O2/c26-22-6-2-20(3-7-22)24(21-4-8-23(27)9-5-21)28-25(32)31-14-12-29(13-15-31)10-1-11-30-16-18-33-19-17-30/h2-9,24H,1,10-19H2,(H,28,32). The molecular weight excluding hydrogens is 459 g/mol. The average Bonchev–Trinajstić information content (AvgIpc) is 2.85. The number of hydrogen-bond donors (Lipinski definition) is 1. The number of carbonyl (C=O) groups excluding carboxylic acids is 1. The number of urea groups is 1. The Morgan fingerprint density at radius 3 is 1.79 bits per heavy atom. The molecule has 0 unspecified atom stereocenters. The molecule has 0 saturated carbocycles. The molecule has 0 radical (unpaired) electrons. The maximum absolute atomic E-state index is 13.1. The lowest BCUT2D eigenvalue weighted by Crippen LogP contribution is -2.52. The summed E-state index contributed by atoms with van der Waals surface area (Å²) >= 11 is 12.2. The van der Waals surface area contributed by atoms with Crippen molar-refractivity contribution < 1.29 is 9.53 Å². The minimum absolute atomic E-state index is 0.0436. The van der Waals surface area contributed by atoms with E-state index in [1.807, 2.05) is 53.4 Å². The Bertz CT molecular complexity index is 835. The van der Waals surface area contributed by atoms with Gasteiger partial charge in [-0.2, -0.15) is 0 Å². The van der Waals surface area contributed by atoms with Crippen molar-refractivity contribution in [2.24, 2.45) is 0 Å². The number of carbonyl (C=O) groups is 1. The fourth-order valence-electron chi connectivity index (χ4n) is 4.40. The molecule has 0 spiro atoms. The largest absolute Gasteiger partial charge is 0.379 e. The minimum Gasteiger partial charge on any atom is -0.379 e. The monoisotopic (exact) mass is 490 g/mol. The third-order valence-corrected chi connectivity index (χ3v) is 6.89. The van der Waals surface area contributed by atoms with E-state index in [0.29, 0.717) is 10.0 Å². The molecule has 2 aliphatic rings. The Morgan fingerprint density at radius 1 is 0.788 bits per heavy atom. The zero-order chi connectivity index (χ0) is 23.0. The number of ether oxygens (including phenoxy) is 1. The van der Waals surface area contributed by atoms with Crippen molar-refractivity contribution in [3.05, 3.63) is 69.7 Å². The molecule has 2 heterocycles. The Labute approximate surface area is 206 Å². The summed E-state index contributed by atoms with van der Waals surface area (Å²) in [6, 6.07) is 14.9. The Kier molecular flexibility index (Phi) is 8.87. The van der Waals surface area contributed by atoms with Crippen LogP contribution in [0.3, 0.4) is 0 Å². The molecule has 0 aromatic heterocycles. The molecule has 8 heteroatoms. The van der Waals surface area contributed by atoms with Crippen molar-refractivity contribution in [2.45, 2.75) is 12.5 Å². The van der Waals surface area contributed by atoms with Crippen molar-refractivity contribution in [3.8, 4) is 0 Å². The van der Waals surface area contributed by atoms with Crippen LogP contribution in [0.1, 0.15) is 23.6 Å². The fraction of sp³-hybridized carbons (Fsp3) is 0.480. The molecule has 2 amide bonds. The molecular formula is C25H32Cl2N4O2. The van der Waals surface area contributed by atoms with Gasteiger partial charge in [-0.1, -0.05) is 47.5 Å². The van der Waals surface area contributed by atoms with E-state index < -0.39 is 0 Å². The van der Waals surface area contributed by atoms with Gasteiger partial charge >= 0.3 is 6.03 Å². The number of morpholine rings is 1. The first kappa shape index (κ1) is 24.3. The van der Waals surface area contributed by atoms with Gasteiger partial charge < -0.3 is 15.0 Å². The number of amides is 2. The number of nitrogens with zero attached hydrogens (tertiary/aromatic N) is 3. The predicted molar refractivity (Wildman–Crippen MR) is 133 cm³/mol. The van der Waals surface area contributed by atoms with E-state index in [0.717, 1.165) is 83.1 Å². The number of halogens is 2. The number of rotatable bonds is 7. The first-order valence-electron chi connectivity index (χ1n) is 11.7. The summed E-state index contributed by atoms with van der Waals surface area (Å²) < 4.78 is 5.42. The molecule has 4 rings (SSSR count). The van der Waals surface area contributed by atoms with Crippen LogP contribution in [-0.4, -0.2) is 86.3 Å². The van der Waals surface area contributed by atoms with Crippen LogP contribution in [-0.2, 0) is 4.74 Å². The van der Waals surface area contributed by atoms with Crippen LogP contribution in [0.5, 0.6) is 0 Å². The quantitative estimate of drug-likeness (QED) is 0.633. The molecule has 0 bridgehead atoms. The van der Waals surface area contributed by atoms with Crippen LogP contribution in [0.25, 0.3) is 0 Å². The third kappa shape index (κ3) is 7.08. The summed E-state index contributed by atoms with van der Waals surface area (Å²) in [4.78, 5) is 20.0. The van der Waals surface area contributed by atoms with E-state index in [1.54, 1.807) is 0 Å². The van der Waals surface area contributed by atoms with Crippen LogP contribution in [0, 0.1) is 0 Å². The minimum atomic E-state index is -0.265. The molecule has 2 fully saturated rings. The van der Waals surface area contributed by atoms with Crippen molar-refractivity contribution in [1.29, 1.82) is 0 Å². The van der Waals surface area contributed by atoms with Crippen molar-refractivity contribution >= 4 is 29.2 Å². The number of hydrogen-bond acceptors (Lipinski definition) is 4. The van der Waals surface area contributed by atoms with Gasteiger partial charge in [0.2, 0.25) is 0 Å². The lowest BCUT2D eigenvalue weighted by atomic mass is 9.99. The van der Waals surface area contributed by atoms with E-state index in [4.69, 9.17) is 27.9 Å². The highest BCUT2D eigenvalue weighted by molar-refractivity contribution is 6.30. The van der Waals surface area contributed by atoms with E-state index in [2.05, 4.69) is 15.1 Å². The van der Waals surface area contributed by atoms with Gasteiger partial charge in [0.05, 0.1) is 19.3 Å². The van der Waals surface area contributed by atoms with Crippen LogP contribution < -0.4 is 5.32 Å². The van der Waals surface area contributed by atoms with Gasteiger partial charge in [-0.25, -0.2) is 4.79 Å². The maximum atomic E-state index is 13.1. The maximum Gasteiger partial charge on any atom is 0.318 e. The van der Waals surface area contributed by atoms with Gasteiger partial charge in [0.15, 0.2) is 0 Å². The van der Waals surface area contributed by atoms with Gasteiger partial charge in [0.25, 0.3) is 0 Å². The highest BCUT2D eigenvalue weighted by Gasteiger charge is 2.24. The van der Waals surface area contributed by atoms with E-state index >= 15 is 0 Å². The second-order valence-corrected chi connectivity index (χ2v) is 9.49. The SMILES string of the molecule is O=C(NC(c1ccc(Cl)cc1)c1ccc(Cl)cc1)N1CCN(CCCN2CCOCC2)CC1. The van der Waals surface area contributed by atoms with Gasteiger partial charge in [0.1, 0.15) is 0 Å². The van der Waals surface area contributed by atoms with E-state index in [1.165, 1.54) is 0 Å². The molecule has 2 aliphatic heterocycles. The molecule has 0 aliphatic carbocycles. The van der Waals surface area contributed by atoms with Gasteiger partial charge in [-0.15, -0.1) is 0 Å². The average molecular weight is 491 g/mol. The highest BCUT2D eigenvalue weighted by atomic mass is 35.5.